The quantitative estimate of drug-likeness (QED) is 0.866. The Morgan fingerprint density at radius 1 is 1.09 bits per heavy atom. The first-order valence-corrected chi connectivity index (χ1v) is 7.94. The first kappa shape index (κ1) is 20.7. The van der Waals surface area contributed by atoms with Gasteiger partial charge in [-0.15, -0.1) is 24.8 Å². The molecule has 2 fully saturated rings. The minimum atomic E-state index is -0.332. The molecule has 0 aromatic heterocycles. The van der Waals surface area contributed by atoms with Crippen LogP contribution in [0, 0.1) is 17.7 Å². The smallest absolute Gasteiger partial charge is 0.123 e. The summed E-state index contributed by atoms with van der Waals surface area (Å²) in [6.45, 7) is 1.19. The number of halogens is 3. The number of benzene rings is 1. The SMILES string of the molecule is Cl.Cl.NC1COCC1(N)C1CCC(Cc2ccc(F)cc2)CC1. The van der Waals surface area contributed by atoms with Crippen LogP contribution in [-0.2, 0) is 11.2 Å². The van der Waals surface area contributed by atoms with Gasteiger partial charge in [0.25, 0.3) is 0 Å². The van der Waals surface area contributed by atoms with Crippen molar-refractivity contribution in [3.63, 3.8) is 0 Å². The summed E-state index contributed by atoms with van der Waals surface area (Å²) in [7, 11) is 0. The van der Waals surface area contributed by atoms with Gasteiger partial charge in [-0.05, 0) is 61.6 Å². The van der Waals surface area contributed by atoms with Crippen molar-refractivity contribution >= 4 is 24.8 Å². The Labute approximate surface area is 150 Å². The average molecular weight is 365 g/mol. The van der Waals surface area contributed by atoms with Crippen molar-refractivity contribution in [3.05, 3.63) is 35.6 Å². The number of hydrogen-bond acceptors (Lipinski definition) is 3. The van der Waals surface area contributed by atoms with E-state index < -0.39 is 0 Å². The molecule has 2 unspecified atom stereocenters. The van der Waals surface area contributed by atoms with E-state index in [4.69, 9.17) is 16.2 Å². The van der Waals surface area contributed by atoms with E-state index in [0.717, 1.165) is 19.3 Å². The molecule has 1 aliphatic carbocycles. The molecule has 2 aliphatic rings. The highest BCUT2D eigenvalue weighted by molar-refractivity contribution is 5.85. The molecule has 1 aromatic carbocycles. The molecule has 0 amide bonds. The van der Waals surface area contributed by atoms with E-state index in [1.807, 2.05) is 12.1 Å². The summed E-state index contributed by atoms with van der Waals surface area (Å²) in [6.07, 6.45) is 5.63. The second-order valence-electron chi connectivity index (χ2n) is 6.78. The third kappa shape index (κ3) is 4.58. The number of hydrogen-bond donors (Lipinski definition) is 2. The fraction of sp³-hybridized carbons (Fsp3) is 0.647. The summed E-state index contributed by atoms with van der Waals surface area (Å²) in [5, 5.41) is 0. The molecule has 132 valence electrons. The second kappa shape index (κ2) is 8.63. The molecule has 1 aliphatic heterocycles. The Morgan fingerprint density at radius 2 is 1.70 bits per heavy atom. The van der Waals surface area contributed by atoms with Crippen LogP contribution in [0.2, 0.25) is 0 Å². The van der Waals surface area contributed by atoms with Gasteiger partial charge in [-0.3, -0.25) is 0 Å². The van der Waals surface area contributed by atoms with Crippen molar-refractivity contribution in [1.29, 1.82) is 0 Å². The van der Waals surface area contributed by atoms with E-state index in [2.05, 4.69) is 0 Å². The molecule has 1 saturated carbocycles. The molecule has 3 nitrogen and oxygen atoms in total. The Balaban J connectivity index is 0.00000132. The molecule has 3 rings (SSSR count). The first-order valence-electron chi connectivity index (χ1n) is 7.94. The lowest BCUT2D eigenvalue weighted by Gasteiger charge is -2.40. The third-order valence-corrected chi connectivity index (χ3v) is 5.38. The monoisotopic (exact) mass is 364 g/mol. The Morgan fingerprint density at radius 3 is 2.22 bits per heavy atom. The minimum Gasteiger partial charge on any atom is -0.378 e. The van der Waals surface area contributed by atoms with Gasteiger partial charge < -0.3 is 16.2 Å². The Bertz CT molecular complexity index is 480. The van der Waals surface area contributed by atoms with Gasteiger partial charge in [-0.1, -0.05) is 12.1 Å². The van der Waals surface area contributed by atoms with Crippen LogP contribution < -0.4 is 11.5 Å². The standard InChI is InChI=1S/C17H25FN2O.2ClH/c18-15-7-3-13(4-8-15)9-12-1-5-14(6-2-12)17(20)11-21-10-16(17)19;;/h3-4,7-8,12,14,16H,1-2,5-6,9-11,19-20H2;2*1H. The summed E-state index contributed by atoms with van der Waals surface area (Å²) in [5.74, 6) is 0.982. The lowest BCUT2D eigenvalue weighted by molar-refractivity contribution is 0.127. The van der Waals surface area contributed by atoms with E-state index in [-0.39, 0.29) is 42.2 Å². The van der Waals surface area contributed by atoms with Crippen molar-refractivity contribution in [2.24, 2.45) is 23.3 Å². The highest BCUT2D eigenvalue weighted by atomic mass is 35.5. The maximum absolute atomic E-state index is 12.9. The van der Waals surface area contributed by atoms with E-state index >= 15 is 0 Å². The van der Waals surface area contributed by atoms with E-state index in [1.165, 1.54) is 18.4 Å². The number of nitrogens with two attached hydrogens (primary N) is 2. The minimum absolute atomic E-state index is 0. The second-order valence-corrected chi connectivity index (χ2v) is 6.78. The van der Waals surface area contributed by atoms with Gasteiger partial charge in [0, 0.05) is 6.04 Å². The predicted molar refractivity (Wildman–Crippen MR) is 95.8 cm³/mol. The largest absolute Gasteiger partial charge is 0.378 e. The van der Waals surface area contributed by atoms with Gasteiger partial charge in [0.05, 0.1) is 18.8 Å². The van der Waals surface area contributed by atoms with Crippen molar-refractivity contribution in [3.8, 4) is 0 Å². The maximum atomic E-state index is 12.9. The first-order chi connectivity index (χ1) is 10.1. The molecular weight excluding hydrogens is 338 g/mol. The van der Waals surface area contributed by atoms with Crippen molar-refractivity contribution in [2.75, 3.05) is 13.2 Å². The van der Waals surface area contributed by atoms with Crippen LogP contribution in [0.5, 0.6) is 0 Å². The van der Waals surface area contributed by atoms with Crippen molar-refractivity contribution in [1.82, 2.24) is 0 Å². The molecule has 0 bridgehead atoms. The predicted octanol–water partition coefficient (Wildman–Crippen LogP) is 3.07. The highest BCUT2D eigenvalue weighted by Gasteiger charge is 2.45. The fourth-order valence-electron chi connectivity index (χ4n) is 3.90. The number of ether oxygens (including phenoxy) is 1. The average Bonchev–Trinajstić information content (AvgIpc) is 2.83. The summed E-state index contributed by atoms with van der Waals surface area (Å²) >= 11 is 0. The van der Waals surface area contributed by atoms with Gasteiger partial charge >= 0.3 is 0 Å². The molecule has 0 radical (unpaired) electrons. The van der Waals surface area contributed by atoms with Crippen LogP contribution in [0.25, 0.3) is 0 Å². The third-order valence-electron chi connectivity index (χ3n) is 5.38. The van der Waals surface area contributed by atoms with Gasteiger partial charge in [-0.2, -0.15) is 0 Å². The molecule has 2 atom stereocenters. The van der Waals surface area contributed by atoms with Crippen LogP contribution in [0.1, 0.15) is 31.2 Å². The van der Waals surface area contributed by atoms with Gasteiger partial charge in [0.2, 0.25) is 0 Å². The lowest BCUT2D eigenvalue weighted by Crippen LogP contribution is -2.60. The van der Waals surface area contributed by atoms with E-state index in [9.17, 15) is 4.39 Å². The normalized spacial score (nSPS) is 33.6. The van der Waals surface area contributed by atoms with Gasteiger partial charge in [-0.25, -0.2) is 4.39 Å². The van der Waals surface area contributed by atoms with Gasteiger partial charge in [0.15, 0.2) is 0 Å². The zero-order valence-corrected chi connectivity index (χ0v) is 14.9. The van der Waals surface area contributed by atoms with E-state index in [1.54, 1.807) is 12.1 Å². The molecular formula is C17H27Cl2FN2O. The summed E-state index contributed by atoms with van der Waals surface area (Å²) in [4.78, 5) is 0. The fourth-order valence-corrected chi connectivity index (χ4v) is 3.90. The molecule has 4 N–H and O–H groups in total. The summed E-state index contributed by atoms with van der Waals surface area (Å²) < 4.78 is 18.4. The summed E-state index contributed by atoms with van der Waals surface area (Å²) in [6, 6.07) is 6.85. The van der Waals surface area contributed by atoms with Crippen molar-refractivity contribution in [2.45, 2.75) is 43.7 Å². The van der Waals surface area contributed by atoms with Gasteiger partial charge in [0.1, 0.15) is 5.82 Å². The molecule has 1 aromatic rings. The highest BCUT2D eigenvalue weighted by Crippen LogP contribution is 2.38. The van der Waals surface area contributed by atoms with Crippen LogP contribution >= 0.6 is 24.8 Å². The van der Waals surface area contributed by atoms with Crippen LogP contribution in [-0.4, -0.2) is 24.8 Å². The molecule has 6 heteroatoms. The number of rotatable bonds is 3. The molecule has 23 heavy (non-hydrogen) atoms. The van der Waals surface area contributed by atoms with Crippen molar-refractivity contribution < 1.29 is 9.13 Å². The lowest BCUT2D eigenvalue weighted by atomic mass is 9.69. The van der Waals surface area contributed by atoms with E-state index in [0.29, 0.717) is 25.0 Å². The topological polar surface area (TPSA) is 61.3 Å². The zero-order valence-electron chi connectivity index (χ0n) is 13.2. The van der Waals surface area contributed by atoms with Crippen LogP contribution in [0.3, 0.4) is 0 Å². The molecule has 1 heterocycles. The zero-order chi connectivity index (χ0) is 14.9. The maximum Gasteiger partial charge on any atom is 0.123 e. The summed E-state index contributed by atoms with van der Waals surface area (Å²) in [5.41, 5.74) is 13.5. The Hall–Kier alpha value is -0.390. The van der Waals surface area contributed by atoms with Crippen LogP contribution in [0.4, 0.5) is 4.39 Å². The Kier molecular flexibility index (Phi) is 7.75. The van der Waals surface area contributed by atoms with Crippen LogP contribution in [0.15, 0.2) is 24.3 Å². The molecule has 1 saturated heterocycles. The molecule has 0 spiro atoms.